The first-order valence-corrected chi connectivity index (χ1v) is 3.27. The van der Waals surface area contributed by atoms with Crippen molar-refractivity contribution in [1.29, 1.82) is 0 Å². The Bertz CT molecular complexity index is 235. The van der Waals surface area contributed by atoms with E-state index in [9.17, 15) is 0 Å². The lowest BCUT2D eigenvalue weighted by Gasteiger charge is -2.01. The third kappa shape index (κ3) is 1.19. The van der Waals surface area contributed by atoms with Crippen molar-refractivity contribution in [3.05, 3.63) is 17.7 Å². The molecule has 0 atom stereocenters. The summed E-state index contributed by atoms with van der Waals surface area (Å²) in [4.78, 5) is 0.512. The fourth-order valence-corrected chi connectivity index (χ4v) is 0.871. The summed E-state index contributed by atoms with van der Waals surface area (Å²) in [5, 5.41) is 18.0. The van der Waals surface area contributed by atoms with Gasteiger partial charge in [-0.05, 0) is 18.6 Å². The van der Waals surface area contributed by atoms with Gasteiger partial charge in [-0.2, -0.15) is 0 Å². The molecule has 2 nitrogen and oxygen atoms in total. The van der Waals surface area contributed by atoms with Crippen molar-refractivity contribution >= 4 is 12.6 Å². The predicted molar refractivity (Wildman–Crippen MR) is 41.8 cm³/mol. The monoisotopic (exact) mass is 156 g/mol. The van der Waals surface area contributed by atoms with Crippen molar-refractivity contribution in [2.45, 2.75) is 11.8 Å². The normalized spacial score (nSPS) is 9.80. The molecule has 1 aromatic rings. The van der Waals surface area contributed by atoms with E-state index in [1.807, 2.05) is 0 Å². The van der Waals surface area contributed by atoms with Crippen molar-refractivity contribution in [2.75, 3.05) is 0 Å². The molecule has 0 aliphatic rings. The zero-order valence-electron chi connectivity index (χ0n) is 5.50. The number of benzene rings is 1. The Morgan fingerprint density at radius 1 is 1.30 bits per heavy atom. The molecule has 0 radical (unpaired) electrons. The molecule has 0 aromatic heterocycles. The van der Waals surface area contributed by atoms with E-state index < -0.39 is 0 Å². The maximum Gasteiger partial charge on any atom is 0.132 e. The molecule has 54 valence electrons. The highest BCUT2D eigenvalue weighted by atomic mass is 32.1. The van der Waals surface area contributed by atoms with Crippen molar-refractivity contribution in [2.24, 2.45) is 0 Å². The van der Waals surface area contributed by atoms with Crippen LogP contribution >= 0.6 is 12.6 Å². The van der Waals surface area contributed by atoms with E-state index in [4.69, 9.17) is 10.2 Å². The number of thiol groups is 1. The first-order valence-electron chi connectivity index (χ1n) is 2.83. The summed E-state index contributed by atoms with van der Waals surface area (Å²) in [7, 11) is 0. The van der Waals surface area contributed by atoms with Crippen molar-refractivity contribution in [3.8, 4) is 11.5 Å². The standard InChI is InChI=1S/C7H8O2S/c1-4-2-5(8)3-6(9)7(4)10/h2-3,8-10H,1H3. The summed E-state index contributed by atoms with van der Waals surface area (Å²) in [6.45, 7) is 1.77. The molecule has 0 amide bonds. The molecule has 1 rings (SSSR count). The van der Waals surface area contributed by atoms with Gasteiger partial charge in [0, 0.05) is 11.0 Å². The van der Waals surface area contributed by atoms with Crippen LogP contribution in [-0.2, 0) is 0 Å². The number of phenolic OH excluding ortho intramolecular Hbond substituents is 2. The van der Waals surface area contributed by atoms with Crippen molar-refractivity contribution < 1.29 is 10.2 Å². The van der Waals surface area contributed by atoms with E-state index in [-0.39, 0.29) is 11.5 Å². The number of hydrogen-bond acceptors (Lipinski definition) is 3. The Hall–Kier alpha value is -0.830. The first-order chi connectivity index (χ1) is 4.61. The van der Waals surface area contributed by atoms with Gasteiger partial charge in [0.25, 0.3) is 0 Å². The second-order valence-corrected chi connectivity index (χ2v) is 2.58. The van der Waals surface area contributed by atoms with Crippen LogP contribution in [0.3, 0.4) is 0 Å². The summed E-state index contributed by atoms with van der Waals surface area (Å²) < 4.78 is 0. The summed E-state index contributed by atoms with van der Waals surface area (Å²) in [6, 6.07) is 2.80. The minimum absolute atomic E-state index is 0.0147. The first kappa shape index (κ1) is 7.28. The Morgan fingerprint density at radius 2 is 1.90 bits per heavy atom. The Morgan fingerprint density at radius 3 is 2.40 bits per heavy atom. The van der Waals surface area contributed by atoms with Gasteiger partial charge in [0.15, 0.2) is 0 Å². The molecular weight excluding hydrogens is 148 g/mol. The van der Waals surface area contributed by atoms with Crippen molar-refractivity contribution in [1.82, 2.24) is 0 Å². The van der Waals surface area contributed by atoms with E-state index >= 15 is 0 Å². The highest BCUT2D eigenvalue weighted by Crippen LogP contribution is 2.28. The number of hydrogen-bond donors (Lipinski definition) is 3. The maximum absolute atomic E-state index is 9.04. The summed E-state index contributed by atoms with van der Waals surface area (Å²) in [5.74, 6) is 0.0774. The van der Waals surface area contributed by atoms with E-state index in [1.165, 1.54) is 6.07 Å². The van der Waals surface area contributed by atoms with Gasteiger partial charge in [-0.1, -0.05) is 0 Å². The smallest absolute Gasteiger partial charge is 0.132 e. The molecule has 0 saturated carbocycles. The summed E-state index contributed by atoms with van der Waals surface area (Å²) in [6.07, 6.45) is 0. The van der Waals surface area contributed by atoms with Gasteiger partial charge in [0.2, 0.25) is 0 Å². The summed E-state index contributed by atoms with van der Waals surface area (Å²) in [5.41, 5.74) is 0.765. The quantitative estimate of drug-likeness (QED) is 0.500. The zero-order chi connectivity index (χ0) is 7.72. The molecule has 0 heterocycles. The SMILES string of the molecule is Cc1cc(O)cc(O)c1S. The lowest BCUT2D eigenvalue weighted by molar-refractivity contribution is 0.441. The van der Waals surface area contributed by atoms with Gasteiger partial charge in [-0.15, -0.1) is 12.6 Å². The molecule has 3 heteroatoms. The van der Waals surface area contributed by atoms with Crippen LogP contribution in [0.2, 0.25) is 0 Å². The third-order valence-corrected chi connectivity index (χ3v) is 1.85. The van der Waals surface area contributed by atoms with E-state index in [0.717, 1.165) is 5.56 Å². The maximum atomic E-state index is 9.04. The van der Waals surface area contributed by atoms with Crippen LogP contribution < -0.4 is 0 Å². The van der Waals surface area contributed by atoms with Crippen LogP contribution in [0.5, 0.6) is 11.5 Å². The van der Waals surface area contributed by atoms with Gasteiger partial charge >= 0.3 is 0 Å². The summed E-state index contributed by atoms with van der Waals surface area (Å²) >= 11 is 4.00. The van der Waals surface area contributed by atoms with Crippen LogP contribution in [-0.4, -0.2) is 10.2 Å². The van der Waals surface area contributed by atoms with Crippen LogP contribution in [0, 0.1) is 6.92 Å². The molecule has 0 aliphatic heterocycles. The van der Waals surface area contributed by atoms with Gasteiger partial charge in [0.1, 0.15) is 11.5 Å². The van der Waals surface area contributed by atoms with E-state index in [1.54, 1.807) is 13.0 Å². The third-order valence-electron chi connectivity index (χ3n) is 1.27. The Balaban J connectivity index is 3.31. The minimum atomic E-state index is 0.0147. The Kier molecular flexibility index (Phi) is 1.76. The van der Waals surface area contributed by atoms with E-state index in [0.29, 0.717) is 4.90 Å². The predicted octanol–water partition coefficient (Wildman–Crippen LogP) is 1.69. The second-order valence-electron chi connectivity index (χ2n) is 2.13. The van der Waals surface area contributed by atoms with Crippen LogP contribution in [0.25, 0.3) is 0 Å². The fourth-order valence-electron chi connectivity index (χ4n) is 0.742. The zero-order valence-corrected chi connectivity index (χ0v) is 6.39. The molecule has 1 aromatic carbocycles. The number of phenols is 2. The van der Waals surface area contributed by atoms with Gasteiger partial charge in [-0.25, -0.2) is 0 Å². The molecule has 0 saturated heterocycles. The average Bonchev–Trinajstić information content (AvgIpc) is 1.82. The van der Waals surface area contributed by atoms with Crippen LogP contribution in [0.1, 0.15) is 5.56 Å². The fraction of sp³-hybridized carbons (Fsp3) is 0.143. The van der Waals surface area contributed by atoms with Gasteiger partial charge in [-0.3, -0.25) is 0 Å². The van der Waals surface area contributed by atoms with E-state index in [2.05, 4.69) is 12.6 Å². The highest BCUT2D eigenvalue weighted by molar-refractivity contribution is 7.80. The lowest BCUT2D eigenvalue weighted by atomic mass is 10.2. The molecule has 0 fully saturated rings. The number of aromatic hydroxyl groups is 2. The lowest BCUT2D eigenvalue weighted by Crippen LogP contribution is -1.76. The van der Waals surface area contributed by atoms with Crippen molar-refractivity contribution in [3.63, 3.8) is 0 Å². The molecule has 0 spiro atoms. The molecule has 2 N–H and O–H groups in total. The number of aryl methyl sites for hydroxylation is 1. The number of rotatable bonds is 0. The molecule has 0 aliphatic carbocycles. The highest BCUT2D eigenvalue weighted by Gasteiger charge is 2.01. The largest absolute Gasteiger partial charge is 0.508 e. The van der Waals surface area contributed by atoms with Gasteiger partial charge < -0.3 is 10.2 Å². The van der Waals surface area contributed by atoms with Gasteiger partial charge in [0.05, 0.1) is 0 Å². The average molecular weight is 156 g/mol. The topological polar surface area (TPSA) is 40.5 Å². The molecule has 0 unspecified atom stereocenters. The molecule has 10 heavy (non-hydrogen) atoms. The minimum Gasteiger partial charge on any atom is -0.508 e. The molecule has 0 bridgehead atoms. The molecular formula is C7H8O2S. The Labute approximate surface area is 64.5 Å². The van der Waals surface area contributed by atoms with Crippen LogP contribution in [0.15, 0.2) is 17.0 Å². The second kappa shape index (κ2) is 2.42. The van der Waals surface area contributed by atoms with Crippen LogP contribution in [0.4, 0.5) is 0 Å².